The Balaban J connectivity index is 1.95. The van der Waals surface area contributed by atoms with Crippen molar-refractivity contribution in [2.75, 3.05) is 5.73 Å². The molecule has 0 amide bonds. The van der Waals surface area contributed by atoms with Gasteiger partial charge in [-0.1, -0.05) is 12.1 Å². The molecule has 0 radical (unpaired) electrons. The van der Waals surface area contributed by atoms with E-state index < -0.39 is 11.7 Å². The molecule has 0 unspecified atom stereocenters. The zero-order chi connectivity index (χ0) is 15.9. The summed E-state index contributed by atoms with van der Waals surface area (Å²) < 4.78 is 37.6. The van der Waals surface area contributed by atoms with E-state index in [0.29, 0.717) is 23.1 Å². The molecule has 3 rings (SSSR count). The van der Waals surface area contributed by atoms with E-state index in [-0.39, 0.29) is 17.0 Å². The first-order chi connectivity index (χ1) is 10.3. The van der Waals surface area contributed by atoms with Gasteiger partial charge in [0.25, 0.3) is 5.56 Å². The number of nitrogens with one attached hydrogen (secondary N) is 2. The number of aromatic amines is 2. The third-order valence-corrected chi connectivity index (χ3v) is 3.31. The van der Waals surface area contributed by atoms with Crippen LogP contribution in [0.1, 0.15) is 16.7 Å². The van der Waals surface area contributed by atoms with Gasteiger partial charge in [0, 0.05) is 18.2 Å². The molecule has 114 valence electrons. The summed E-state index contributed by atoms with van der Waals surface area (Å²) in [5.74, 6) is -0.00855. The van der Waals surface area contributed by atoms with Crippen molar-refractivity contribution in [3.8, 4) is 0 Å². The first kappa shape index (κ1) is 14.2. The quantitative estimate of drug-likeness (QED) is 0.679. The molecule has 22 heavy (non-hydrogen) atoms. The van der Waals surface area contributed by atoms with Crippen molar-refractivity contribution in [1.82, 2.24) is 15.0 Å². The number of H-pyrrole nitrogens is 2. The van der Waals surface area contributed by atoms with Gasteiger partial charge in [-0.15, -0.1) is 0 Å². The van der Waals surface area contributed by atoms with Crippen LogP contribution in [0.15, 0.2) is 35.3 Å². The maximum absolute atomic E-state index is 12.5. The fourth-order valence-electron chi connectivity index (χ4n) is 2.25. The predicted molar refractivity (Wildman–Crippen MR) is 75.4 cm³/mol. The lowest BCUT2D eigenvalue weighted by molar-refractivity contribution is -0.137. The topological polar surface area (TPSA) is 87.6 Å². The van der Waals surface area contributed by atoms with E-state index in [1.807, 2.05) is 0 Å². The molecule has 3 aromatic rings. The Bertz CT molecular complexity index is 878. The smallest absolute Gasteiger partial charge is 0.369 e. The molecule has 8 heteroatoms. The van der Waals surface area contributed by atoms with Gasteiger partial charge in [-0.05, 0) is 17.7 Å². The largest absolute Gasteiger partial charge is 0.416 e. The van der Waals surface area contributed by atoms with Crippen molar-refractivity contribution >= 4 is 17.0 Å². The molecular formula is C14H11F3N4O. The van der Waals surface area contributed by atoms with Crippen LogP contribution in [0.4, 0.5) is 19.1 Å². The second kappa shape index (κ2) is 4.90. The number of halogens is 3. The van der Waals surface area contributed by atoms with E-state index in [1.165, 1.54) is 12.1 Å². The molecule has 0 fully saturated rings. The Hall–Kier alpha value is -2.77. The van der Waals surface area contributed by atoms with Gasteiger partial charge in [-0.25, -0.2) is 4.98 Å². The lowest BCUT2D eigenvalue weighted by atomic mass is 10.0. The van der Waals surface area contributed by atoms with Gasteiger partial charge in [-0.3, -0.25) is 9.78 Å². The highest BCUT2D eigenvalue weighted by atomic mass is 19.4. The van der Waals surface area contributed by atoms with Crippen LogP contribution in [0.25, 0.3) is 11.0 Å². The molecule has 2 heterocycles. The number of anilines is 1. The number of nitrogens with two attached hydrogens (primary N) is 1. The van der Waals surface area contributed by atoms with Crippen LogP contribution in [-0.4, -0.2) is 15.0 Å². The van der Waals surface area contributed by atoms with E-state index in [4.69, 9.17) is 5.73 Å². The molecule has 0 bridgehead atoms. The normalized spacial score (nSPS) is 12.0. The fourth-order valence-corrected chi connectivity index (χ4v) is 2.25. The van der Waals surface area contributed by atoms with Gasteiger partial charge in [0.1, 0.15) is 11.0 Å². The molecular weight excluding hydrogens is 297 g/mol. The standard InChI is InChI=1S/C14H11F3N4O/c15-14(16,17)9-3-1-7(2-4-9)5-8-6-19-11-10(8)20-13(18)21-12(11)22/h1-4,6,19H,5H2,(H3,18,20,21,22). The summed E-state index contributed by atoms with van der Waals surface area (Å²) in [6, 6.07) is 4.86. The van der Waals surface area contributed by atoms with Gasteiger partial charge in [0.2, 0.25) is 5.95 Å². The minimum atomic E-state index is -4.36. The number of nitrogens with zero attached hydrogens (tertiary/aromatic N) is 1. The number of nitrogen functional groups attached to an aromatic ring is 1. The molecule has 0 spiro atoms. The lowest BCUT2D eigenvalue weighted by Gasteiger charge is -2.07. The Kier molecular flexibility index (Phi) is 3.16. The highest BCUT2D eigenvalue weighted by Gasteiger charge is 2.29. The predicted octanol–water partition coefficient (Wildman–Crippen LogP) is 2.44. The van der Waals surface area contributed by atoms with Crippen LogP contribution in [0.2, 0.25) is 0 Å². The average molecular weight is 308 g/mol. The Morgan fingerprint density at radius 2 is 1.86 bits per heavy atom. The monoisotopic (exact) mass is 308 g/mol. The van der Waals surface area contributed by atoms with Gasteiger partial charge in [0.15, 0.2) is 0 Å². The third kappa shape index (κ3) is 2.54. The van der Waals surface area contributed by atoms with Crippen molar-refractivity contribution in [2.24, 2.45) is 0 Å². The summed E-state index contributed by atoms with van der Waals surface area (Å²) in [4.78, 5) is 20.9. The van der Waals surface area contributed by atoms with Crippen molar-refractivity contribution in [3.63, 3.8) is 0 Å². The zero-order valence-electron chi connectivity index (χ0n) is 11.2. The van der Waals surface area contributed by atoms with Crippen LogP contribution >= 0.6 is 0 Å². The second-order valence-electron chi connectivity index (χ2n) is 4.86. The maximum Gasteiger partial charge on any atom is 0.416 e. The lowest BCUT2D eigenvalue weighted by Crippen LogP contribution is -2.11. The fraction of sp³-hybridized carbons (Fsp3) is 0.143. The molecule has 1 aromatic carbocycles. The maximum atomic E-state index is 12.5. The Morgan fingerprint density at radius 3 is 2.50 bits per heavy atom. The van der Waals surface area contributed by atoms with Crippen LogP contribution in [-0.2, 0) is 12.6 Å². The van der Waals surface area contributed by atoms with Gasteiger partial charge >= 0.3 is 6.18 Å². The van der Waals surface area contributed by atoms with Crippen LogP contribution in [0.5, 0.6) is 0 Å². The number of hydrogen-bond acceptors (Lipinski definition) is 3. The highest BCUT2D eigenvalue weighted by molar-refractivity contribution is 5.79. The summed E-state index contributed by atoms with van der Waals surface area (Å²) in [5.41, 5.74) is 6.49. The number of alkyl halides is 3. The molecule has 2 aromatic heterocycles. The molecule has 0 aliphatic heterocycles. The zero-order valence-corrected chi connectivity index (χ0v) is 11.2. The second-order valence-corrected chi connectivity index (χ2v) is 4.86. The summed E-state index contributed by atoms with van der Waals surface area (Å²) in [7, 11) is 0. The molecule has 5 nitrogen and oxygen atoms in total. The Labute approximate surface area is 122 Å². The molecule has 0 aliphatic rings. The molecule has 0 saturated heterocycles. The van der Waals surface area contributed by atoms with Gasteiger partial charge in [0.05, 0.1) is 5.56 Å². The van der Waals surface area contributed by atoms with Crippen molar-refractivity contribution in [2.45, 2.75) is 12.6 Å². The van der Waals surface area contributed by atoms with E-state index in [9.17, 15) is 18.0 Å². The van der Waals surface area contributed by atoms with E-state index in [0.717, 1.165) is 12.1 Å². The minimum absolute atomic E-state index is 0.00855. The number of rotatable bonds is 2. The van der Waals surface area contributed by atoms with Crippen molar-refractivity contribution < 1.29 is 13.2 Å². The molecule has 0 atom stereocenters. The SMILES string of the molecule is Nc1nc2c(Cc3ccc(C(F)(F)F)cc3)c[nH]c2c(=O)[nH]1. The van der Waals surface area contributed by atoms with Crippen LogP contribution < -0.4 is 11.3 Å². The van der Waals surface area contributed by atoms with E-state index in [2.05, 4.69) is 15.0 Å². The summed E-state index contributed by atoms with van der Waals surface area (Å²) >= 11 is 0. The molecule has 4 N–H and O–H groups in total. The first-order valence-corrected chi connectivity index (χ1v) is 6.36. The van der Waals surface area contributed by atoms with Gasteiger partial charge < -0.3 is 10.7 Å². The van der Waals surface area contributed by atoms with E-state index in [1.54, 1.807) is 6.20 Å². The number of fused-ring (bicyclic) bond motifs is 1. The third-order valence-electron chi connectivity index (χ3n) is 3.31. The van der Waals surface area contributed by atoms with Crippen LogP contribution in [0.3, 0.4) is 0 Å². The van der Waals surface area contributed by atoms with Crippen LogP contribution in [0, 0.1) is 0 Å². The number of aromatic nitrogens is 3. The minimum Gasteiger partial charge on any atom is -0.369 e. The summed E-state index contributed by atoms with van der Waals surface area (Å²) in [6.07, 6.45) is -2.42. The van der Waals surface area contributed by atoms with Crippen molar-refractivity contribution in [3.05, 3.63) is 57.5 Å². The molecule has 0 saturated carbocycles. The van der Waals surface area contributed by atoms with E-state index >= 15 is 0 Å². The number of benzene rings is 1. The Morgan fingerprint density at radius 1 is 1.18 bits per heavy atom. The summed E-state index contributed by atoms with van der Waals surface area (Å²) in [6.45, 7) is 0. The number of hydrogen-bond donors (Lipinski definition) is 3. The summed E-state index contributed by atoms with van der Waals surface area (Å²) in [5, 5.41) is 0. The average Bonchev–Trinajstić information content (AvgIpc) is 2.82. The highest BCUT2D eigenvalue weighted by Crippen LogP contribution is 2.29. The molecule has 0 aliphatic carbocycles. The first-order valence-electron chi connectivity index (χ1n) is 6.36. The van der Waals surface area contributed by atoms with Crippen molar-refractivity contribution in [1.29, 1.82) is 0 Å². The van der Waals surface area contributed by atoms with Gasteiger partial charge in [-0.2, -0.15) is 13.2 Å².